The van der Waals surface area contributed by atoms with Gasteiger partial charge in [0, 0.05) is 58.2 Å². The lowest BCUT2D eigenvalue weighted by Crippen LogP contribution is -2.59. The van der Waals surface area contributed by atoms with Gasteiger partial charge in [-0.2, -0.15) is 0 Å². The van der Waals surface area contributed by atoms with Crippen molar-refractivity contribution in [3.05, 3.63) is 0 Å². The third-order valence-corrected chi connectivity index (χ3v) is 19.3. The Kier molecular flexibility index (Phi) is 67.8. The molecule has 0 aromatic rings. The van der Waals surface area contributed by atoms with Gasteiger partial charge in [-0.1, -0.05) is 109 Å². The Bertz CT molecular complexity index is 2430. The van der Waals surface area contributed by atoms with E-state index in [1.807, 2.05) is 0 Å². The van der Waals surface area contributed by atoms with Crippen LogP contribution in [0.3, 0.4) is 0 Å². The van der Waals surface area contributed by atoms with Crippen LogP contribution in [-0.4, -0.2) is 400 Å². The standard InChI is InChI=1S/C82H148N4O34/c1-2-3-4-5-6-7-8-9-10-11-12-13-14-15-16-17-18-19-20-21-22-23-24-25-26-69(93)86-82(60-112-33-27-66(90)83-30-36-103-39-42-106-45-48-109-51-54-115-79-76(100)73(97)70(94)63(57-87)118-79,61-113-34-28-67(91)84-31-37-104-40-43-107-46-49-110-52-55-116-80-77(101)74(98)71(95)64(58-88)119-80)62-114-35-29-68(92)85-32-38-105-41-44-108-47-50-111-53-56-117-81-78(102)75(99)72(96)65(59-89)120-81/h63-65,70-81,87-89,94-102H,2-13,16,19-62H2,1H3,(H,83,90)(H,84,91)(H,85,92)(H,86,93)/t63-,64-,65-,70-,71-,72-,73+,74+,75+,76+,77+,78+,79+,80+,81+/m1/s1. The molecule has 0 spiro atoms. The molecule has 16 N–H and O–H groups in total. The average molecular weight is 1730 g/mol. The molecule has 0 unspecified atom stereocenters. The number of hydrogen-bond donors (Lipinski definition) is 16. The Labute approximate surface area is 708 Å². The van der Waals surface area contributed by atoms with E-state index in [2.05, 4.69) is 51.9 Å². The summed E-state index contributed by atoms with van der Waals surface area (Å²) in [6, 6.07) is 0. The molecule has 3 rings (SSSR count). The summed E-state index contributed by atoms with van der Waals surface area (Å²) in [5.74, 6) is 11.6. The van der Waals surface area contributed by atoms with Gasteiger partial charge >= 0.3 is 0 Å². The van der Waals surface area contributed by atoms with Gasteiger partial charge < -0.3 is 168 Å². The second-order valence-corrected chi connectivity index (χ2v) is 29.3. The molecular weight excluding hydrogens is 1580 g/mol. The Balaban J connectivity index is 1.48. The minimum absolute atomic E-state index is 0.00616. The monoisotopic (exact) mass is 1730 g/mol. The van der Waals surface area contributed by atoms with Gasteiger partial charge in [-0.05, 0) is 19.3 Å². The molecule has 0 aromatic carbocycles. The Morgan fingerprint density at radius 2 is 0.558 bits per heavy atom. The molecule has 3 heterocycles. The van der Waals surface area contributed by atoms with E-state index >= 15 is 0 Å². The second kappa shape index (κ2) is 73.9. The topological polar surface area (TPSA) is 525 Å². The summed E-state index contributed by atoms with van der Waals surface area (Å²) in [6.07, 6.45) is 1.29. The third-order valence-electron chi connectivity index (χ3n) is 19.3. The second-order valence-electron chi connectivity index (χ2n) is 29.3. The van der Waals surface area contributed by atoms with Gasteiger partial charge in [0.15, 0.2) is 18.9 Å². The van der Waals surface area contributed by atoms with E-state index in [1.165, 1.54) is 64.2 Å². The predicted molar refractivity (Wildman–Crippen MR) is 431 cm³/mol. The van der Waals surface area contributed by atoms with E-state index in [4.69, 9.17) is 85.3 Å². The molecule has 15 atom stereocenters. The Morgan fingerprint density at radius 1 is 0.292 bits per heavy atom. The highest BCUT2D eigenvalue weighted by Gasteiger charge is 2.46. The smallest absolute Gasteiger partial charge is 0.222 e. The van der Waals surface area contributed by atoms with Crippen LogP contribution in [0.15, 0.2) is 0 Å². The third kappa shape index (κ3) is 53.3. The molecule has 3 fully saturated rings. The van der Waals surface area contributed by atoms with Crippen molar-refractivity contribution in [3.8, 4) is 23.7 Å². The van der Waals surface area contributed by atoms with Crippen molar-refractivity contribution in [1.29, 1.82) is 0 Å². The molecule has 120 heavy (non-hydrogen) atoms. The van der Waals surface area contributed by atoms with Gasteiger partial charge in [0.2, 0.25) is 23.6 Å². The number of aliphatic hydroxyl groups is 12. The number of ether oxygens (including phenoxy) is 18. The molecule has 0 aromatic heterocycles. The van der Waals surface area contributed by atoms with Crippen molar-refractivity contribution in [3.63, 3.8) is 0 Å². The van der Waals surface area contributed by atoms with E-state index in [0.717, 1.165) is 51.4 Å². The summed E-state index contributed by atoms with van der Waals surface area (Å²) < 4.78 is 100. The summed E-state index contributed by atoms with van der Waals surface area (Å²) in [6.45, 7) is 3.92. The first-order chi connectivity index (χ1) is 58.4. The van der Waals surface area contributed by atoms with Crippen molar-refractivity contribution in [1.82, 2.24) is 21.3 Å². The molecular formula is C82H148N4O34. The van der Waals surface area contributed by atoms with E-state index in [0.29, 0.717) is 12.8 Å². The number of rotatable bonds is 77. The molecule has 0 aliphatic carbocycles. The van der Waals surface area contributed by atoms with Crippen molar-refractivity contribution in [2.24, 2.45) is 0 Å². The lowest BCUT2D eigenvalue weighted by Gasteiger charge is -2.39. The van der Waals surface area contributed by atoms with Gasteiger partial charge in [-0.3, -0.25) is 19.2 Å². The van der Waals surface area contributed by atoms with Crippen LogP contribution in [0.5, 0.6) is 0 Å². The molecule has 3 saturated heterocycles. The summed E-state index contributed by atoms with van der Waals surface area (Å²) in [5.41, 5.74) is -1.35. The molecule has 3 aliphatic rings. The van der Waals surface area contributed by atoms with E-state index in [9.17, 15) is 80.5 Å². The normalized spacial score (nSPS) is 23.1. The van der Waals surface area contributed by atoms with Gasteiger partial charge in [-0.25, -0.2) is 0 Å². The number of amides is 4. The first-order valence-electron chi connectivity index (χ1n) is 43.1. The van der Waals surface area contributed by atoms with Crippen LogP contribution in [0.4, 0.5) is 0 Å². The number of nitrogens with one attached hydrogen (secondary N) is 4. The summed E-state index contributed by atoms with van der Waals surface area (Å²) in [5, 5.41) is 130. The van der Waals surface area contributed by atoms with Crippen LogP contribution >= 0.6 is 0 Å². The average Bonchev–Trinajstić information content (AvgIpc) is 0.829. The van der Waals surface area contributed by atoms with Crippen LogP contribution < -0.4 is 21.3 Å². The molecule has 3 aliphatic heterocycles. The number of carbonyl (C=O) groups is 4. The minimum Gasteiger partial charge on any atom is -0.394 e. The van der Waals surface area contributed by atoms with Gasteiger partial charge in [0.25, 0.3) is 0 Å². The predicted octanol–water partition coefficient (Wildman–Crippen LogP) is -1.77. The lowest BCUT2D eigenvalue weighted by atomic mass is 9.99. The lowest BCUT2D eigenvalue weighted by molar-refractivity contribution is -0.302. The molecule has 38 heteroatoms. The SMILES string of the molecule is CCCCCCCCCCCCCC#CCC#CCCCCCCCCC(=O)NC(COCCC(=O)NCCOCCOCCOCCO[C@H]1O[C@H](CO)[C@@H](O)[C@H](O)[C@@H]1O)(COCCC(=O)NCCOCCOCCOCCO[C@H]1O[C@H](CO)[C@@H](O)[C@H](O)[C@@H]1O)COCCC(=O)NCCOCCOCCOCCO[C@H]1O[C@H](CO)[C@@H](O)[C@H](O)[C@@H]1O. The highest BCUT2D eigenvalue weighted by atomic mass is 16.7. The van der Waals surface area contributed by atoms with E-state index in [1.54, 1.807) is 0 Å². The summed E-state index contributed by atoms with van der Waals surface area (Å²) >= 11 is 0. The van der Waals surface area contributed by atoms with Gasteiger partial charge in [-0.15, -0.1) is 11.8 Å². The van der Waals surface area contributed by atoms with Crippen molar-refractivity contribution < 1.29 is 166 Å². The van der Waals surface area contributed by atoms with E-state index < -0.39 is 117 Å². The zero-order valence-electron chi connectivity index (χ0n) is 70.8. The molecule has 0 saturated carbocycles. The first kappa shape index (κ1) is 110. The fourth-order valence-corrected chi connectivity index (χ4v) is 12.3. The Hall–Kier alpha value is -4.20. The quantitative estimate of drug-likeness (QED) is 0.0237. The molecule has 0 bridgehead atoms. The number of hydrogen-bond acceptors (Lipinski definition) is 34. The molecule has 700 valence electrons. The zero-order chi connectivity index (χ0) is 87.2. The number of aliphatic hydroxyl groups excluding tert-OH is 12. The van der Waals surface area contributed by atoms with Crippen LogP contribution in [0.2, 0.25) is 0 Å². The van der Waals surface area contributed by atoms with Crippen LogP contribution in [0, 0.1) is 23.7 Å². The first-order valence-corrected chi connectivity index (χ1v) is 43.1. The largest absolute Gasteiger partial charge is 0.394 e. The highest BCUT2D eigenvalue weighted by Crippen LogP contribution is 2.25. The fraction of sp³-hybridized carbons (Fsp3) is 0.902. The van der Waals surface area contributed by atoms with Crippen molar-refractivity contribution in [2.75, 3.05) is 218 Å². The molecule has 38 nitrogen and oxygen atoms in total. The number of unbranched alkanes of at least 4 members (excludes halogenated alkanes) is 17. The maximum absolute atomic E-state index is 14.0. The van der Waals surface area contributed by atoms with E-state index in [-0.39, 0.29) is 247 Å². The van der Waals surface area contributed by atoms with Crippen molar-refractivity contribution in [2.45, 2.75) is 259 Å². The molecule has 0 radical (unpaired) electrons. The maximum Gasteiger partial charge on any atom is 0.222 e. The van der Waals surface area contributed by atoms with Crippen LogP contribution in [0.1, 0.15) is 161 Å². The summed E-state index contributed by atoms with van der Waals surface area (Å²) in [7, 11) is 0. The van der Waals surface area contributed by atoms with Crippen molar-refractivity contribution >= 4 is 23.6 Å². The fourth-order valence-electron chi connectivity index (χ4n) is 12.3. The highest BCUT2D eigenvalue weighted by molar-refractivity contribution is 5.77. The minimum atomic E-state index is -1.55. The van der Waals surface area contributed by atoms with Crippen LogP contribution in [0.25, 0.3) is 0 Å². The number of carbonyl (C=O) groups excluding carboxylic acids is 4. The Morgan fingerprint density at radius 3 is 0.850 bits per heavy atom. The molecule has 4 amide bonds. The maximum atomic E-state index is 14.0. The van der Waals surface area contributed by atoms with Gasteiger partial charge in [0.1, 0.15) is 78.8 Å². The zero-order valence-corrected chi connectivity index (χ0v) is 70.8. The summed E-state index contributed by atoms with van der Waals surface area (Å²) in [4.78, 5) is 53.0. The van der Waals surface area contributed by atoms with Gasteiger partial charge in [0.05, 0.1) is 205 Å². The van der Waals surface area contributed by atoms with Crippen LogP contribution in [-0.2, 0) is 104 Å².